The zero-order valence-corrected chi connectivity index (χ0v) is 15.5. The molecule has 1 atom stereocenters. The van der Waals surface area contributed by atoms with Crippen molar-refractivity contribution < 1.29 is 9.53 Å². The largest absolute Gasteiger partial charge is 0.469 e. The minimum absolute atomic E-state index is 0.0657. The first kappa shape index (κ1) is 21.5. The van der Waals surface area contributed by atoms with E-state index in [2.05, 4.69) is 18.6 Å². The van der Waals surface area contributed by atoms with Gasteiger partial charge in [0.25, 0.3) is 0 Å². The summed E-state index contributed by atoms with van der Waals surface area (Å²) in [6.07, 6.45) is 19.4. The lowest BCUT2D eigenvalue weighted by molar-refractivity contribution is -0.140. The summed E-state index contributed by atoms with van der Waals surface area (Å²) in [5, 5.41) is 0. The van der Waals surface area contributed by atoms with Crippen LogP contribution in [0, 0.1) is 5.92 Å². The quantitative estimate of drug-likeness (QED) is 0.235. The monoisotopic (exact) mass is 312 g/mol. The molecule has 0 aromatic carbocycles. The van der Waals surface area contributed by atoms with Crippen LogP contribution >= 0.6 is 0 Å². The number of ether oxygens (including phenoxy) is 1. The van der Waals surface area contributed by atoms with Gasteiger partial charge in [0.15, 0.2) is 0 Å². The van der Waals surface area contributed by atoms with Crippen molar-refractivity contribution in [2.24, 2.45) is 5.92 Å². The zero-order chi connectivity index (χ0) is 16.5. The van der Waals surface area contributed by atoms with E-state index in [-0.39, 0.29) is 5.97 Å². The molecule has 0 saturated heterocycles. The van der Waals surface area contributed by atoms with Crippen molar-refractivity contribution in [3.63, 3.8) is 0 Å². The van der Waals surface area contributed by atoms with Crippen molar-refractivity contribution in [1.82, 2.24) is 0 Å². The van der Waals surface area contributed by atoms with Crippen LogP contribution in [0.2, 0.25) is 0 Å². The topological polar surface area (TPSA) is 26.3 Å². The summed E-state index contributed by atoms with van der Waals surface area (Å²) in [4.78, 5) is 10.9. The summed E-state index contributed by atoms with van der Waals surface area (Å²) in [5.74, 6) is 0.869. The molecule has 0 amide bonds. The summed E-state index contributed by atoms with van der Waals surface area (Å²) >= 11 is 0. The number of esters is 1. The standard InChI is InChI=1S/C20H40O2/c1-4-16-19(2)17-14-12-10-8-6-5-7-9-11-13-15-18-20(21)22-3/h19H,4-18H2,1-3H3. The van der Waals surface area contributed by atoms with Crippen molar-refractivity contribution in [2.75, 3.05) is 7.11 Å². The van der Waals surface area contributed by atoms with Crippen molar-refractivity contribution in [3.05, 3.63) is 0 Å². The molecule has 0 aliphatic carbocycles. The highest BCUT2D eigenvalue weighted by molar-refractivity contribution is 5.68. The molecule has 0 radical (unpaired) electrons. The first-order chi connectivity index (χ1) is 10.7. The first-order valence-corrected chi connectivity index (χ1v) is 9.77. The van der Waals surface area contributed by atoms with Crippen LogP contribution in [0.4, 0.5) is 0 Å². The van der Waals surface area contributed by atoms with Crippen LogP contribution in [-0.2, 0) is 9.53 Å². The van der Waals surface area contributed by atoms with E-state index in [1.165, 1.54) is 90.6 Å². The number of hydrogen-bond acceptors (Lipinski definition) is 2. The summed E-state index contributed by atoms with van der Waals surface area (Å²) in [7, 11) is 1.47. The second-order valence-electron chi connectivity index (χ2n) is 6.90. The Bertz CT molecular complexity index is 238. The molecule has 0 N–H and O–H groups in total. The molecular formula is C20H40O2. The third-order valence-electron chi connectivity index (χ3n) is 4.59. The Balaban J connectivity index is 3.07. The lowest BCUT2D eigenvalue weighted by Crippen LogP contribution is -1.99. The fraction of sp³-hybridized carbons (Fsp3) is 0.950. The van der Waals surface area contributed by atoms with Gasteiger partial charge >= 0.3 is 5.97 Å². The summed E-state index contributed by atoms with van der Waals surface area (Å²) in [6.45, 7) is 4.68. The van der Waals surface area contributed by atoms with Gasteiger partial charge in [0.05, 0.1) is 7.11 Å². The first-order valence-electron chi connectivity index (χ1n) is 9.77. The number of carbonyl (C=O) groups excluding carboxylic acids is 1. The zero-order valence-electron chi connectivity index (χ0n) is 15.5. The molecule has 0 bridgehead atoms. The van der Waals surface area contributed by atoms with Gasteiger partial charge in [-0.05, 0) is 12.3 Å². The molecule has 0 aromatic heterocycles. The van der Waals surface area contributed by atoms with E-state index in [0.717, 1.165) is 12.3 Å². The number of hydrogen-bond donors (Lipinski definition) is 0. The molecule has 0 heterocycles. The smallest absolute Gasteiger partial charge is 0.305 e. The minimum Gasteiger partial charge on any atom is -0.469 e. The Morgan fingerprint density at radius 3 is 1.68 bits per heavy atom. The molecule has 0 fully saturated rings. The van der Waals surface area contributed by atoms with Crippen LogP contribution in [0.1, 0.15) is 110 Å². The van der Waals surface area contributed by atoms with Crippen LogP contribution in [0.3, 0.4) is 0 Å². The van der Waals surface area contributed by atoms with E-state index in [4.69, 9.17) is 0 Å². The van der Waals surface area contributed by atoms with E-state index in [1.54, 1.807) is 0 Å². The highest BCUT2D eigenvalue weighted by Gasteiger charge is 2.00. The van der Waals surface area contributed by atoms with Crippen LogP contribution < -0.4 is 0 Å². The van der Waals surface area contributed by atoms with Gasteiger partial charge in [0.2, 0.25) is 0 Å². The lowest BCUT2D eigenvalue weighted by Gasteiger charge is -2.09. The van der Waals surface area contributed by atoms with Crippen LogP contribution in [0.15, 0.2) is 0 Å². The predicted octanol–water partition coefficient (Wildman–Crippen LogP) is 6.67. The van der Waals surface area contributed by atoms with E-state index in [9.17, 15) is 4.79 Å². The second kappa shape index (κ2) is 16.8. The van der Waals surface area contributed by atoms with Crippen LogP contribution in [0.5, 0.6) is 0 Å². The SMILES string of the molecule is CCCC(C)CCCCCCCCCCCCCC(=O)OC. The Morgan fingerprint density at radius 1 is 0.773 bits per heavy atom. The van der Waals surface area contributed by atoms with Crippen molar-refractivity contribution >= 4 is 5.97 Å². The predicted molar refractivity (Wildman–Crippen MR) is 96.1 cm³/mol. The lowest BCUT2D eigenvalue weighted by atomic mass is 9.98. The van der Waals surface area contributed by atoms with Gasteiger partial charge in [-0.15, -0.1) is 0 Å². The van der Waals surface area contributed by atoms with Gasteiger partial charge in [-0.2, -0.15) is 0 Å². The fourth-order valence-corrected chi connectivity index (χ4v) is 3.09. The Hall–Kier alpha value is -0.530. The van der Waals surface area contributed by atoms with Crippen molar-refractivity contribution in [1.29, 1.82) is 0 Å². The van der Waals surface area contributed by atoms with Gasteiger partial charge in [0.1, 0.15) is 0 Å². The molecule has 132 valence electrons. The molecular weight excluding hydrogens is 272 g/mol. The molecule has 0 aliphatic heterocycles. The number of unbranched alkanes of at least 4 members (excludes halogenated alkanes) is 10. The molecule has 22 heavy (non-hydrogen) atoms. The van der Waals surface area contributed by atoms with Crippen LogP contribution in [-0.4, -0.2) is 13.1 Å². The Kier molecular flexibility index (Phi) is 16.4. The summed E-state index contributed by atoms with van der Waals surface area (Å²) < 4.78 is 4.64. The van der Waals surface area contributed by atoms with Gasteiger partial charge in [-0.1, -0.05) is 97.3 Å². The van der Waals surface area contributed by atoms with E-state index in [1.807, 2.05) is 0 Å². The summed E-state index contributed by atoms with van der Waals surface area (Å²) in [6, 6.07) is 0. The van der Waals surface area contributed by atoms with Gasteiger partial charge < -0.3 is 4.74 Å². The van der Waals surface area contributed by atoms with E-state index in [0.29, 0.717) is 6.42 Å². The number of carbonyl (C=O) groups is 1. The maximum Gasteiger partial charge on any atom is 0.305 e. The maximum absolute atomic E-state index is 10.9. The third kappa shape index (κ3) is 15.9. The highest BCUT2D eigenvalue weighted by Crippen LogP contribution is 2.16. The number of rotatable bonds is 16. The number of methoxy groups -OCH3 is 1. The molecule has 0 aliphatic rings. The molecule has 1 unspecified atom stereocenters. The fourth-order valence-electron chi connectivity index (χ4n) is 3.09. The maximum atomic E-state index is 10.9. The van der Waals surface area contributed by atoms with E-state index < -0.39 is 0 Å². The minimum atomic E-state index is -0.0657. The molecule has 0 saturated carbocycles. The Labute approximate surface area is 139 Å². The molecule has 2 heteroatoms. The molecule has 0 spiro atoms. The van der Waals surface area contributed by atoms with Crippen molar-refractivity contribution in [2.45, 2.75) is 110 Å². The molecule has 2 nitrogen and oxygen atoms in total. The molecule has 0 rings (SSSR count). The average molecular weight is 313 g/mol. The third-order valence-corrected chi connectivity index (χ3v) is 4.59. The van der Waals surface area contributed by atoms with E-state index >= 15 is 0 Å². The van der Waals surface area contributed by atoms with Gasteiger partial charge in [0, 0.05) is 6.42 Å². The van der Waals surface area contributed by atoms with Crippen LogP contribution in [0.25, 0.3) is 0 Å². The second-order valence-corrected chi connectivity index (χ2v) is 6.90. The average Bonchev–Trinajstić information content (AvgIpc) is 2.51. The Morgan fingerprint density at radius 2 is 1.23 bits per heavy atom. The van der Waals surface area contributed by atoms with Gasteiger partial charge in [-0.25, -0.2) is 0 Å². The van der Waals surface area contributed by atoms with Crippen molar-refractivity contribution in [3.8, 4) is 0 Å². The van der Waals surface area contributed by atoms with Gasteiger partial charge in [-0.3, -0.25) is 4.79 Å². The highest BCUT2D eigenvalue weighted by atomic mass is 16.5. The normalized spacial score (nSPS) is 12.3. The summed E-state index contributed by atoms with van der Waals surface area (Å²) in [5.41, 5.74) is 0. The molecule has 0 aromatic rings.